The molecule has 1 atom stereocenters. The molecule has 1 N–H and O–H groups in total. The SMILES string of the molecule is CC(C)(CCCCl)CNCC1CCOC1. The highest BCUT2D eigenvalue weighted by atomic mass is 35.5. The maximum atomic E-state index is 5.71. The highest BCUT2D eigenvalue weighted by Crippen LogP contribution is 2.21. The summed E-state index contributed by atoms with van der Waals surface area (Å²) in [7, 11) is 0. The van der Waals surface area contributed by atoms with Crippen LogP contribution in [0.4, 0.5) is 0 Å². The van der Waals surface area contributed by atoms with Crippen LogP contribution in [0.2, 0.25) is 0 Å². The van der Waals surface area contributed by atoms with Gasteiger partial charge in [-0.1, -0.05) is 13.8 Å². The topological polar surface area (TPSA) is 21.3 Å². The van der Waals surface area contributed by atoms with Crippen LogP contribution < -0.4 is 5.32 Å². The molecule has 1 saturated heterocycles. The minimum absolute atomic E-state index is 0.369. The number of hydrogen-bond acceptors (Lipinski definition) is 2. The molecule has 1 fully saturated rings. The van der Waals surface area contributed by atoms with Gasteiger partial charge in [-0.3, -0.25) is 0 Å². The number of nitrogens with one attached hydrogen (secondary N) is 1. The molecule has 15 heavy (non-hydrogen) atoms. The van der Waals surface area contributed by atoms with E-state index in [1.165, 1.54) is 12.8 Å². The molecule has 1 aliphatic heterocycles. The van der Waals surface area contributed by atoms with E-state index < -0.39 is 0 Å². The quantitative estimate of drug-likeness (QED) is 0.683. The van der Waals surface area contributed by atoms with Crippen LogP contribution in [0.1, 0.15) is 33.1 Å². The number of ether oxygens (including phenoxy) is 1. The van der Waals surface area contributed by atoms with Crippen LogP contribution in [0, 0.1) is 11.3 Å². The van der Waals surface area contributed by atoms with Crippen LogP contribution >= 0.6 is 11.6 Å². The van der Waals surface area contributed by atoms with Gasteiger partial charge in [-0.05, 0) is 30.6 Å². The summed E-state index contributed by atoms with van der Waals surface area (Å²) in [5.74, 6) is 1.51. The predicted molar refractivity (Wildman–Crippen MR) is 65.5 cm³/mol. The second-order valence-electron chi connectivity index (χ2n) is 5.32. The lowest BCUT2D eigenvalue weighted by molar-refractivity contribution is 0.184. The Bertz CT molecular complexity index is 167. The smallest absolute Gasteiger partial charge is 0.0507 e. The first-order valence-electron chi connectivity index (χ1n) is 5.98. The van der Waals surface area contributed by atoms with Gasteiger partial charge in [0.1, 0.15) is 0 Å². The fourth-order valence-electron chi connectivity index (χ4n) is 1.99. The van der Waals surface area contributed by atoms with Crippen molar-refractivity contribution < 1.29 is 4.74 Å². The zero-order valence-corrected chi connectivity index (χ0v) is 10.8. The fourth-order valence-corrected chi connectivity index (χ4v) is 2.13. The third-order valence-corrected chi connectivity index (χ3v) is 3.32. The van der Waals surface area contributed by atoms with Crippen LogP contribution in [0.15, 0.2) is 0 Å². The molecule has 0 amide bonds. The van der Waals surface area contributed by atoms with Crippen LogP contribution in [0.3, 0.4) is 0 Å². The molecular weight excluding hydrogens is 210 g/mol. The molecule has 90 valence electrons. The Balaban J connectivity index is 2.06. The third kappa shape index (κ3) is 5.74. The van der Waals surface area contributed by atoms with Crippen LogP contribution in [0.5, 0.6) is 0 Å². The Morgan fingerprint density at radius 2 is 2.27 bits per heavy atom. The van der Waals surface area contributed by atoms with E-state index >= 15 is 0 Å². The Labute approximate surface area is 98.7 Å². The van der Waals surface area contributed by atoms with E-state index in [9.17, 15) is 0 Å². The average molecular weight is 234 g/mol. The molecule has 0 spiro atoms. The number of rotatable bonds is 7. The molecule has 0 aromatic rings. The molecule has 0 radical (unpaired) electrons. The van der Waals surface area contributed by atoms with Crippen LogP contribution in [0.25, 0.3) is 0 Å². The molecule has 2 nitrogen and oxygen atoms in total. The molecule has 1 heterocycles. The predicted octanol–water partition coefficient (Wildman–Crippen LogP) is 2.66. The molecule has 0 aromatic carbocycles. The first-order valence-corrected chi connectivity index (χ1v) is 6.52. The zero-order chi connectivity index (χ0) is 11.1. The van der Waals surface area contributed by atoms with E-state index in [0.717, 1.165) is 44.5 Å². The lowest BCUT2D eigenvalue weighted by atomic mass is 9.88. The van der Waals surface area contributed by atoms with Crippen LogP contribution in [-0.4, -0.2) is 32.2 Å². The molecule has 1 unspecified atom stereocenters. The summed E-state index contributed by atoms with van der Waals surface area (Å²) in [6.07, 6.45) is 3.53. The minimum Gasteiger partial charge on any atom is -0.381 e. The molecule has 0 aliphatic carbocycles. The van der Waals surface area contributed by atoms with Crippen molar-refractivity contribution in [2.75, 3.05) is 32.2 Å². The summed E-state index contributed by atoms with van der Waals surface area (Å²) in [6.45, 7) is 8.68. The summed E-state index contributed by atoms with van der Waals surface area (Å²) in [5.41, 5.74) is 0.369. The van der Waals surface area contributed by atoms with Gasteiger partial charge in [-0.2, -0.15) is 0 Å². The van der Waals surface area contributed by atoms with Crippen molar-refractivity contribution in [1.82, 2.24) is 5.32 Å². The summed E-state index contributed by atoms with van der Waals surface area (Å²) < 4.78 is 5.35. The van der Waals surface area contributed by atoms with E-state index in [1.807, 2.05) is 0 Å². The molecule has 1 aliphatic rings. The normalized spacial score (nSPS) is 22.2. The largest absolute Gasteiger partial charge is 0.381 e. The van der Waals surface area contributed by atoms with Gasteiger partial charge in [0.05, 0.1) is 6.61 Å². The second kappa shape index (κ2) is 6.72. The molecule has 0 bridgehead atoms. The first kappa shape index (κ1) is 13.3. The highest BCUT2D eigenvalue weighted by molar-refractivity contribution is 6.17. The Morgan fingerprint density at radius 3 is 2.87 bits per heavy atom. The van der Waals surface area contributed by atoms with E-state index in [0.29, 0.717) is 5.41 Å². The van der Waals surface area contributed by atoms with Gasteiger partial charge in [0.15, 0.2) is 0 Å². The molecule has 3 heteroatoms. The van der Waals surface area contributed by atoms with Gasteiger partial charge >= 0.3 is 0 Å². The molecule has 0 saturated carbocycles. The lowest BCUT2D eigenvalue weighted by Crippen LogP contribution is -2.33. The summed E-state index contributed by atoms with van der Waals surface area (Å²) in [5, 5.41) is 3.55. The van der Waals surface area contributed by atoms with Gasteiger partial charge in [0, 0.05) is 25.6 Å². The van der Waals surface area contributed by atoms with Gasteiger partial charge in [-0.25, -0.2) is 0 Å². The Kier molecular flexibility index (Phi) is 5.95. The number of halogens is 1. The zero-order valence-electron chi connectivity index (χ0n) is 10.0. The summed E-state index contributed by atoms with van der Waals surface area (Å²) in [6, 6.07) is 0. The molecular formula is C12H24ClNO. The average Bonchev–Trinajstić information content (AvgIpc) is 2.67. The lowest BCUT2D eigenvalue weighted by Gasteiger charge is -2.25. The van der Waals surface area contributed by atoms with Gasteiger partial charge in [-0.15, -0.1) is 11.6 Å². The van der Waals surface area contributed by atoms with Gasteiger partial charge in [0.25, 0.3) is 0 Å². The number of hydrogen-bond donors (Lipinski definition) is 1. The Morgan fingerprint density at radius 1 is 1.47 bits per heavy atom. The van der Waals surface area contributed by atoms with E-state index in [2.05, 4.69) is 19.2 Å². The summed E-state index contributed by atoms with van der Waals surface area (Å²) >= 11 is 5.71. The molecule has 1 rings (SSSR count). The van der Waals surface area contributed by atoms with Crippen molar-refractivity contribution in [3.05, 3.63) is 0 Å². The van der Waals surface area contributed by atoms with Crippen molar-refractivity contribution >= 4 is 11.6 Å². The third-order valence-electron chi connectivity index (χ3n) is 3.05. The van der Waals surface area contributed by atoms with E-state index in [1.54, 1.807) is 0 Å². The maximum absolute atomic E-state index is 5.71. The highest BCUT2D eigenvalue weighted by Gasteiger charge is 2.19. The Hall–Kier alpha value is 0.210. The minimum atomic E-state index is 0.369. The van der Waals surface area contributed by atoms with Crippen molar-refractivity contribution in [2.24, 2.45) is 11.3 Å². The molecule has 0 aromatic heterocycles. The van der Waals surface area contributed by atoms with E-state index in [-0.39, 0.29) is 0 Å². The van der Waals surface area contributed by atoms with Crippen molar-refractivity contribution in [2.45, 2.75) is 33.1 Å². The van der Waals surface area contributed by atoms with Gasteiger partial charge in [0.2, 0.25) is 0 Å². The fraction of sp³-hybridized carbons (Fsp3) is 1.00. The van der Waals surface area contributed by atoms with Crippen LogP contribution in [-0.2, 0) is 4.74 Å². The maximum Gasteiger partial charge on any atom is 0.0507 e. The van der Waals surface area contributed by atoms with Crippen molar-refractivity contribution in [1.29, 1.82) is 0 Å². The number of alkyl halides is 1. The van der Waals surface area contributed by atoms with Gasteiger partial charge < -0.3 is 10.1 Å². The van der Waals surface area contributed by atoms with E-state index in [4.69, 9.17) is 16.3 Å². The monoisotopic (exact) mass is 233 g/mol. The van der Waals surface area contributed by atoms with Crippen molar-refractivity contribution in [3.8, 4) is 0 Å². The van der Waals surface area contributed by atoms with Crippen molar-refractivity contribution in [3.63, 3.8) is 0 Å². The standard InChI is InChI=1S/C12H24ClNO/c1-12(2,5-3-6-13)10-14-8-11-4-7-15-9-11/h11,14H,3-10H2,1-2H3. The summed E-state index contributed by atoms with van der Waals surface area (Å²) in [4.78, 5) is 0. The first-order chi connectivity index (χ1) is 7.14. The second-order valence-corrected chi connectivity index (χ2v) is 5.70.